The average molecular weight is 459 g/mol. The summed E-state index contributed by atoms with van der Waals surface area (Å²) in [6, 6.07) is 17.7. The quantitative estimate of drug-likeness (QED) is 0.650. The van der Waals surface area contributed by atoms with Crippen molar-refractivity contribution in [2.75, 3.05) is 27.8 Å². The molecule has 6 nitrogen and oxygen atoms in total. The third-order valence-electron chi connectivity index (χ3n) is 6.20. The minimum absolute atomic E-state index is 0.0244. The molecule has 1 amide bonds. The van der Waals surface area contributed by atoms with Crippen LogP contribution in [0.5, 0.6) is 5.75 Å². The third kappa shape index (κ3) is 5.13. The number of hydrogen-bond acceptors (Lipinski definition) is 5. The Kier molecular flexibility index (Phi) is 7.28. The van der Waals surface area contributed by atoms with E-state index in [0.29, 0.717) is 25.8 Å². The van der Waals surface area contributed by atoms with Gasteiger partial charge in [0, 0.05) is 51.0 Å². The minimum atomic E-state index is -0.542. The molecular formula is C28H30N2O4. The van der Waals surface area contributed by atoms with Gasteiger partial charge in [0.2, 0.25) is 5.91 Å². The summed E-state index contributed by atoms with van der Waals surface area (Å²) in [5, 5.41) is 3.05. The van der Waals surface area contributed by atoms with Gasteiger partial charge in [-0.1, -0.05) is 42.5 Å². The topological polar surface area (TPSA) is 67.9 Å². The van der Waals surface area contributed by atoms with E-state index < -0.39 is 6.10 Å². The largest absolute Gasteiger partial charge is 0.497 e. The zero-order valence-electron chi connectivity index (χ0n) is 19.8. The van der Waals surface area contributed by atoms with Crippen molar-refractivity contribution in [3.05, 3.63) is 94.8 Å². The highest BCUT2D eigenvalue weighted by atomic mass is 16.5. The number of ketones is 1. The Morgan fingerprint density at radius 3 is 2.50 bits per heavy atom. The molecule has 0 bridgehead atoms. The van der Waals surface area contributed by atoms with E-state index in [4.69, 9.17) is 9.47 Å². The molecule has 0 radical (unpaired) electrons. The number of nitrogens with one attached hydrogen (secondary N) is 1. The minimum Gasteiger partial charge on any atom is -0.497 e. The van der Waals surface area contributed by atoms with Crippen LogP contribution in [0.4, 0.5) is 0 Å². The monoisotopic (exact) mass is 458 g/mol. The number of carbonyl (C=O) groups excluding carboxylic acids is 2. The second-order valence-corrected chi connectivity index (χ2v) is 8.46. The lowest BCUT2D eigenvalue weighted by Crippen LogP contribution is -2.31. The Labute approximate surface area is 200 Å². The smallest absolute Gasteiger partial charge is 0.224 e. The number of ether oxygens (including phenoxy) is 2. The van der Waals surface area contributed by atoms with Gasteiger partial charge in [0.05, 0.1) is 13.5 Å². The zero-order chi connectivity index (χ0) is 24.1. The fourth-order valence-corrected chi connectivity index (χ4v) is 4.48. The van der Waals surface area contributed by atoms with Crippen LogP contribution in [-0.2, 0) is 20.7 Å². The number of Topliss-reactive ketones (excluding diaryl/α,β-unsaturated/α-hetero) is 1. The number of allylic oxidation sites excluding steroid dienone is 3. The maximum absolute atomic E-state index is 12.5. The molecule has 1 unspecified atom stereocenters. The normalized spacial score (nSPS) is 17.7. The molecule has 1 heterocycles. The van der Waals surface area contributed by atoms with Crippen molar-refractivity contribution in [1.29, 1.82) is 0 Å². The van der Waals surface area contributed by atoms with Crippen LogP contribution in [0.3, 0.4) is 0 Å². The molecule has 2 aromatic carbocycles. The van der Waals surface area contributed by atoms with Crippen LogP contribution in [0.15, 0.2) is 83.7 Å². The molecule has 2 aliphatic rings. The third-order valence-corrected chi connectivity index (χ3v) is 6.20. The molecule has 4 rings (SSSR count). The van der Waals surface area contributed by atoms with E-state index in [-0.39, 0.29) is 11.7 Å². The van der Waals surface area contributed by atoms with Crippen molar-refractivity contribution in [3.63, 3.8) is 0 Å². The number of carbonyl (C=O) groups is 2. The van der Waals surface area contributed by atoms with Crippen LogP contribution in [-0.4, -0.2) is 50.5 Å². The van der Waals surface area contributed by atoms with Crippen LogP contribution in [0, 0.1) is 0 Å². The molecule has 0 aromatic heterocycles. The summed E-state index contributed by atoms with van der Waals surface area (Å²) in [5.41, 5.74) is 6.22. The first-order valence-electron chi connectivity index (χ1n) is 11.4. The van der Waals surface area contributed by atoms with Crippen LogP contribution in [0.1, 0.15) is 24.0 Å². The van der Waals surface area contributed by atoms with Crippen LogP contribution >= 0.6 is 0 Å². The number of hydrogen-bond donors (Lipinski definition) is 1. The van der Waals surface area contributed by atoms with E-state index in [1.54, 1.807) is 14.2 Å². The second kappa shape index (κ2) is 10.5. The van der Waals surface area contributed by atoms with E-state index in [1.807, 2.05) is 61.8 Å². The first-order chi connectivity index (χ1) is 16.5. The van der Waals surface area contributed by atoms with Crippen molar-refractivity contribution in [1.82, 2.24) is 10.2 Å². The molecule has 1 atom stereocenters. The van der Waals surface area contributed by atoms with Crippen LogP contribution in [0.25, 0.3) is 5.57 Å². The summed E-state index contributed by atoms with van der Waals surface area (Å²) in [7, 11) is 5.18. The van der Waals surface area contributed by atoms with E-state index in [9.17, 15) is 9.59 Å². The summed E-state index contributed by atoms with van der Waals surface area (Å²) < 4.78 is 10.6. The van der Waals surface area contributed by atoms with Crippen molar-refractivity contribution >= 4 is 17.3 Å². The standard InChI is InChI=1S/C28H30N2O4/c1-30-18-21-16-25(31)26(34-3)17-23(21)28(20-7-5-4-6-8-20)24(30)13-14-29-27(32)15-19-9-11-22(33-2)12-10-19/h4-12,17-18,26H,13-16H2,1-3H3,(H,29,32). The molecule has 0 spiro atoms. The van der Waals surface area contributed by atoms with Gasteiger partial charge in [-0.2, -0.15) is 0 Å². The highest BCUT2D eigenvalue weighted by Gasteiger charge is 2.32. The summed E-state index contributed by atoms with van der Waals surface area (Å²) in [4.78, 5) is 27.1. The number of nitrogens with zero attached hydrogens (tertiary/aromatic N) is 1. The van der Waals surface area contributed by atoms with E-state index in [1.165, 1.54) is 0 Å². The lowest BCUT2D eigenvalue weighted by Gasteiger charge is -2.34. The van der Waals surface area contributed by atoms with Crippen LogP contribution < -0.4 is 10.1 Å². The predicted octanol–water partition coefficient (Wildman–Crippen LogP) is 3.90. The Hall–Kier alpha value is -3.64. The van der Waals surface area contributed by atoms with Gasteiger partial charge in [0.1, 0.15) is 11.9 Å². The van der Waals surface area contributed by atoms with E-state index >= 15 is 0 Å². The first-order valence-corrected chi connectivity index (χ1v) is 11.4. The molecule has 176 valence electrons. The number of fused-ring (bicyclic) bond motifs is 1. The lowest BCUT2D eigenvalue weighted by atomic mass is 9.81. The van der Waals surface area contributed by atoms with Crippen LogP contribution in [0.2, 0.25) is 0 Å². The molecule has 1 N–H and O–H groups in total. The summed E-state index contributed by atoms with van der Waals surface area (Å²) in [6.45, 7) is 0.508. The van der Waals surface area contributed by atoms with Crippen molar-refractivity contribution in [3.8, 4) is 5.75 Å². The van der Waals surface area contributed by atoms with Gasteiger partial charge in [0.25, 0.3) is 0 Å². The van der Waals surface area contributed by atoms with Gasteiger partial charge in [-0.3, -0.25) is 9.59 Å². The summed E-state index contributed by atoms with van der Waals surface area (Å²) in [6.07, 6.45) is 4.72. The number of amides is 1. The van der Waals surface area contributed by atoms with Crippen molar-refractivity contribution in [2.24, 2.45) is 0 Å². The SMILES string of the molecule is COc1ccc(CC(=O)NCCC2=C(c3ccccc3)C3=CC(OC)C(=O)CC3=CN2C)cc1. The highest BCUT2D eigenvalue weighted by molar-refractivity contribution is 5.97. The molecule has 34 heavy (non-hydrogen) atoms. The summed E-state index contributed by atoms with van der Waals surface area (Å²) >= 11 is 0. The molecule has 0 saturated heterocycles. The van der Waals surface area contributed by atoms with Gasteiger partial charge in [0.15, 0.2) is 5.78 Å². The first kappa shape index (κ1) is 23.5. The Morgan fingerprint density at radius 2 is 1.82 bits per heavy atom. The Balaban J connectivity index is 1.54. The maximum atomic E-state index is 12.5. The predicted molar refractivity (Wildman–Crippen MR) is 132 cm³/mol. The maximum Gasteiger partial charge on any atom is 0.224 e. The van der Waals surface area contributed by atoms with E-state index in [2.05, 4.69) is 22.3 Å². The second-order valence-electron chi connectivity index (χ2n) is 8.46. The lowest BCUT2D eigenvalue weighted by molar-refractivity contribution is -0.126. The van der Waals surface area contributed by atoms with Gasteiger partial charge in [-0.25, -0.2) is 0 Å². The number of benzene rings is 2. The molecule has 0 saturated carbocycles. The Morgan fingerprint density at radius 1 is 1.09 bits per heavy atom. The zero-order valence-corrected chi connectivity index (χ0v) is 19.8. The van der Waals surface area contributed by atoms with Crippen molar-refractivity contribution in [2.45, 2.75) is 25.4 Å². The molecule has 6 heteroatoms. The fourth-order valence-electron chi connectivity index (χ4n) is 4.48. The molecule has 0 fully saturated rings. The van der Waals surface area contributed by atoms with E-state index in [0.717, 1.165) is 39.3 Å². The fraction of sp³-hybridized carbons (Fsp3) is 0.286. The van der Waals surface area contributed by atoms with Gasteiger partial charge < -0.3 is 19.7 Å². The molecule has 1 aliphatic heterocycles. The summed E-state index contributed by atoms with van der Waals surface area (Å²) in [5.74, 6) is 0.808. The molecular weight excluding hydrogens is 428 g/mol. The van der Waals surface area contributed by atoms with Gasteiger partial charge >= 0.3 is 0 Å². The van der Waals surface area contributed by atoms with Gasteiger partial charge in [-0.05, 0) is 40.5 Å². The molecule has 2 aromatic rings. The van der Waals surface area contributed by atoms with Gasteiger partial charge in [-0.15, -0.1) is 0 Å². The number of rotatable bonds is 8. The highest BCUT2D eigenvalue weighted by Crippen LogP contribution is 2.41. The molecule has 1 aliphatic carbocycles. The van der Waals surface area contributed by atoms with Crippen molar-refractivity contribution < 1.29 is 19.1 Å². The Bertz CT molecular complexity index is 1150. The number of methoxy groups -OCH3 is 2. The average Bonchev–Trinajstić information content (AvgIpc) is 2.85.